The fourth-order valence-electron chi connectivity index (χ4n) is 1.83. The molecule has 98 valence electrons. The molecular weight excluding hydrogens is 238 g/mol. The summed E-state index contributed by atoms with van der Waals surface area (Å²) in [6.45, 7) is 3.93. The Labute approximate surface area is 112 Å². The Morgan fingerprint density at radius 2 is 2.05 bits per heavy atom. The van der Waals surface area contributed by atoms with Crippen LogP contribution in [0.1, 0.15) is 24.0 Å². The predicted octanol–water partition coefficient (Wildman–Crippen LogP) is 3.80. The summed E-state index contributed by atoms with van der Waals surface area (Å²) in [6, 6.07) is 11.5. The first kappa shape index (κ1) is 13.1. The predicted molar refractivity (Wildman–Crippen MR) is 76.9 cm³/mol. The minimum atomic E-state index is -0.157. The molecule has 2 aromatic rings. The highest BCUT2D eigenvalue weighted by Gasteiger charge is 2.02. The minimum Gasteiger partial charge on any atom is -0.462 e. The average Bonchev–Trinajstić information content (AvgIpc) is 2.83. The molecule has 1 aromatic heterocycles. The highest BCUT2D eigenvalue weighted by Crippen LogP contribution is 2.15. The van der Waals surface area contributed by atoms with Gasteiger partial charge in [-0.15, -0.1) is 0 Å². The van der Waals surface area contributed by atoms with Crippen molar-refractivity contribution in [3.8, 4) is 0 Å². The molecule has 0 aliphatic rings. The molecule has 0 saturated carbocycles. The van der Waals surface area contributed by atoms with Crippen LogP contribution in [0.4, 0.5) is 5.69 Å². The molecule has 0 saturated heterocycles. The van der Waals surface area contributed by atoms with Crippen LogP contribution in [0, 0.1) is 6.92 Å². The molecule has 1 N–H and O–H groups in total. The number of nitrogens with one attached hydrogen (secondary N) is 1. The van der Waals surface area contributed by atoms with Gasteiger partial charge in [0.15, 0.2) is 0 Å². The molecule has 0 fully saturated rings. The highest BCUT2D eigenvalue weighted by molar-refractivity contribution is 6.02. The number of furan rings is 1. The molecule has 0 radical (unpaired) electrons. The summed E-state index contributed by atoms with van der Waals surface area (Å²) >= 11 is 0. The smallest absolute Gasteiger partial charge is 0.248 e. The Balaban J connectivity index is 2.03. The van der Waals surface area contributed by atoms with Crippen LogP contribution in [0.2, 0.25) is 0 Å². The quantitative estimate of drug-likeness (QED) is 0.844. The van der Waals surface area contributed by atoms with E-state index in [-0.39, 0.29) is 5.91 Å². The summed E-state index contributed by atoms with van der Waals surface area (Å²) in [7, 11) is 0. The van der Waals surface area contributed by atoms with Crippen LogP contribution in [0.3, 0.4) is 0 Å². The van der Waals surface area contributed by atoms with E-state index in [0.29, 0.717) is 5.76 Å². The molecule has 0 aliphatic carbocycles. The topological polar surface area (TPSA) is 42.2 Å². The van der Waals surface area contributed by atoms with Crippen LogP contribution in [0.25, 0.3) is 6.08 Å². The van der Waals surface area contributed by atoms with Crippen molar-refractivity contribution in [1.82, 2.24) is 0 Å². The maximum absolute atomic E-state index is 11.8. The first-order valence-corrected chi connectivity index (χ1v) is 6.32. The van der Waals surface area contributed by atoms with E-state index in [4.69, 9.17) is 4.42 Å². The SMILES string of the molecule is CCc1ccccc1NC(=O)C=Cc1ccc(C)o1. The van der Waals surface area contributed by atoms with E-state index < -0.39 is 0 Å². The molecule has 0 bridgehead atoms. The largest absolute Gasteiger partial charge is 0.462 e. The summed E-state index contributed by atoms with van der Waals surface area (Å²) in [5.41, 5.74) is 1.98. The third-order valence-corrected chi connectivity index (χ3v) is 2.82. The van der Waals surface area contributed by atoms with Crippen molar-refractivity contribution in [2.45, 2.75) is 20.3 Å². The zero-order valence-electron chi connectivity index (χ0n) is 11.1. The number of amides is 1. The van der Waals surface area contributed by atoms with Crippen LogP contribution in [0.15, 0.2) is 46.9 Å². The summed E-state index contributed by atoms with van der Waals surface area (Å²) in [5.74, 6) is 1.35. The van der Waals surface area contributed by atoms with Gasteiger partial charge in [0, 0.05) is 11.8 Å². The van der Waals surface area contributed by atoms with Crippen molar-refractivity contribution in [2.24, 2.45) is 0 Å². The second-order valence-corrected chi connectivity index (χ2v) is 4.28. The van der Waals surface area contributed by atoms with Crippen molar-refractivity contribution >= 4 is 17.7 Å². The van der Waals surface area contributed by atoms with Gasteiger partial charge in [0.05, 0.1) is 0 Å². The third-order valence-electron chi connectivity index (χ3n) is 2.82. The van der Waals surface area contributed by atoms with E-state index in [1.165, 1.54) is 6.08 Å². The number of carbonyl (C=O) groups excluding carboxylic acids is 1. The molecule has 19 heavy (non-hydrogen) atoms. The number of carbonyl (C=O) groups is 1. The Bertz CT molecular complexity index is 596. The van der Waals surface area contributed by atoms with Gasteiger partial charge in [-0.3, -0.25) is 4.79 Å². The first-order chi connectivity index (χ1) is 9.19. The van der Waals surface area contributed by atoms with E-state index in [1.807, 2.05) is 43.3 Å². The lowest BCUT2D eigenvalue weighted by Gasteiger charge is -2.07. The summed E-state index contributed by atoms with van der Waals surface area (Å²) < 4.78 is 5.36. The van der Waals surface area contributed by atoms with Crippen LogP contribution in [-0.2, 0) is 11.2 Å². The molecule has 0 atom stereocenters. The Morgan fingerprint density at radius 3 is 2.74 bits per heavy atom. The van der Waals surface area contributed by atoms with Crippen molar-refractivity contribution in [2.75, 3.05) is 5.32 Å². The lowest BCUT2D eigenvalue weighted by atomic mass is 10.1. The molecule has 1 aromatic carbocycles. The summed E-state index contributed by atoms with van der Waals surface area (Å²) in [6.07, 6.45) is 4.03. The van der Waals surface area contributed by atoms with E-state index >= 15 is 0 Å². The van der Waals surface area contributed by atoms with Gasteiger partial charge in [-0.1, -0.05) is 25.1 Å². The number of anilines is 1. The lowest BCUT2D eigenvalue weighted by Crippen LogP contribution is -2.09. The second kappa shape index (κ2) is 6.05. The fraction of sp³-hybridized carbons (Fsp3) is 0.188. The summed E-state index contributed by atoms with van der Waals surface area (Å²) in [5, 5.41) is 2.87. The van der Waals surface area contributed by atoms with Gasteiger partial charge in [0.1, 0.15) is 11.5 Å². The number of hydrogen-bond donors (Lipinski definition) is 1. The number of rotatable bonds is 4. The van der Waals surface area contributed by atoms with Gasteiger partial charge in [-0.05, 0) is 43.2 Å². The van der Waals surface area contributed by atoms with Crippen LogP contribution in [-0.4, -0.2) is 5.91 Å². The molecule has 1 amide bonds. The second-order valence-electron chi connectivity index (χ2n) is 4.28. The van der Waals surface area contributed by atoms with Crippen LogP contribution >= 0.6 is 0 Å². The fourth-order valence-corrected chi connectivity index (χ4v) is 1.83. The van der Waals surface area contributed by atoms with Crippen molar-refractivity contribution in [3.05, 3.63) is 59.6 Å². The van der Waals surface area contributed by atoms with Gasteiger partial charge in [0.25, 0.3) is 0 Å². The van der Waals surface area contributed by atoms with Crippen molar-refractivity contribution in [3.63, 3.8) is 0 Å². The van der Waals surface area contributed by atoms with Gasteiger partial charge in [-0.25, -0.2) is 0 Å². The standard InChI is InChI=1S/C16H17NO2/c1-3-13-6-4-5-7-15(13)17-16(18)11-10-14-9-8-12(2)19-14/h4-11H,3H2,1-2H3,(H,17,18). The zero-order chi connectivity index (χ0) is 13.7. The molecule has 3 nitrogen and oxygen atoms in total. The summed E-state index contributed by atoms with van der Waals surface area (Å²) in [4.78, 5) is 11.8. The molecule has 0 aliphatic heterocycles. The molecule has 0 unspecified atom stereocenters. The van der Waals surface area contributed by atoms with Gasteiger partial charge in [-0.2, -0.15) is 0 Å². The number of aryl methyl sites for hydroxylation is 2. The third kappa shape index (κ3) is 3.58. The van der Waals surface area contributed by atoms with E-state index in [0.717, 1.165) is 23.4 Å². The maximum atomic E-state index is 11.8. The monoisotopic (exact) mass is 255 g/mol. The number of para-hydroxylation sites is 1. The van der Waals surface area contributed by atoms with Crippen LogP contribution < -0.4 is 5.32 Å². The average molecular weight is 255 g/mol. The van der Waals surface area contributed by atoms with Crippen molar-refractivity contribution in [1.29, 1.82) is 0 Å². The van der Waals surface area contributed by atoms with Gasteiger partial charge < -0.3 is 9.73 Å². The molecule has 3 heteroatoms. The Kier molecular flexibility index (Phi) is 4.18. The number of benzene rings is 1. The zero-order valence-corrected chi connectivity index (χ0v) is 11.1. The Morgan fingerprint density at radius 1 is 1.26 bits per heavy atom. The lowest BCUT2D eigenvalue weighted by molar-refractivity contribution is -0.111. The van der Waals surface area contributed by atoms with E-state index in [2.05, 4.69) is 12.2 Å². The molecular formula is C16H17NO2. The number of hydrogen-bond acceptors (Lipinski definition) is 2. The first-order valence-electron chi connectivity index (χ1n) is 6.32. The maximum Gasteiger partial charge on any atom is 0.248 e. The highest BCUT2D eigenvalue weighted by atomic mass is 16.3. The van der Waals surface area contributed by atoms with Gasteiger partial charge in [0.2, 0.25) is 5.91 Å². The Hall–Kier alpha value is -2.29. The minimum absolute atomic E-state index is 0.157. The van der Waals surface area contributed by atoms with E-state index in [9.17, 15) is 4.79 Å². The van der Waals surface area contributed by atoms with E-state index in [1.54, 1.807) is 6.08 Å². The molecule has 2 rings (SSSR count). The van der Waals surface area contributed by atoms with Gasteiger partial charge >= 0.3 is 0 Å². The molecule has 0 spiro atoms. The normalized spacial score (nSPS) is 10.8. The van der Waals surface area contributed by atoms with Crippen molar-refractivity contribution < 1.29 is 9.21 Å². The molecule has 1 heterocycles. The van der Waals surface area contributed by atoms with Crippen LogP contribution in [0.5, 0.6) is 0 Å².